The van der Waals surface area contributed by atoms with Crippen molar-refractivity contribution in [3.05, 3.63) is 54.0 Å². The van der Waals surface area contributed by atoms with Crippen LogP contribution in [0.3, 0.4) is 0 Å². The molecular weight excluding hydrogens is 380 g/mol. The molecule has 2 bridgehead atoms. The Labute approximate surface area is 176 Å². The van der Waals surface area contributed by atoms with Gasteiger partial charge in [0.1, 0.15) is 11.5 Å². The van der Waals surface area contributed by atoms with E-state index in [0.29, 0.717) is 17.7 Å². The number of para-hydroxylation sites is 1. The summed E-state index contributed by atoms with van der Waals surface area (Å²) in [6, 6.07) is 11.3. The number of ether oxygens (including phenoxy) is 1. The van der Waals surface area contributed by atoms with E-state index in [-0.39, 0.29) is 35.6 Å². The SMILES string of the molecule is C[C@H](CCc1ccco1)NC(=O)[C@H]1C[C@H]2CC[C@H]1C[C@@]21NC(=O)c2ccccc2O1. The number of aryl methyl sites for hydroxylation is 1. The molecule has 2 aromatic rings. The highest BCUT2D eigenvalue weighted by atomic mass is 16.5. The minimum Gasteiger partial charge on any atom is -0.469 e. The zero-order valence-electron chi connectivity index (χ0n) is 17.2. The fourth-order valence-corrected chi connectivity index (χ4v) is 5.52. The molecule has 2 amide bonds. The summed E-state index contributed by atoms with van der Waals surface area (Å²) in [6.07, 6.45) is 6.77. The first-order valence-electron chi connectivity index (χ1n) is 11.0. The minimum absolute atomic E-state index is 0.0156. The van der Waals surface area contributed by atoms with Crippen LogP contribution in [-0.2, 0) is 11.2 Å². The van der Waals surface area contributed by atoms with Crippen LogP contribution in [0.15, 0.2) is 47.1 Å². The van der Waals surface area contributed by atoms with Crippen LogP contribution in [0.25, 0.3) is 0 Å². The smallest absolute Gasteiger partial charge is 0.258 e. The van der Waals surface area contributed by atoms with Crippen LogP contribution in [0, 0.1) is 17.8 Å². The molecule has 0 saturated heterocycles. The number of furan rings is 1. The lowest BCUT2D eigenvalue weighted by atomic mass is 9.60. The Morgan fingerprint density at radius 1 is 1.27 bits per heavy atom. The standard InChI is InChI=1S/C24H28N2O4/c1-15(8-11-18-5-4-12-29-18)25-22(27)20-13-17-10-9-16(20)14-24(17)26-23(28)19-6-2-3-7-21(19)30-24/h2-7,12,15-17,20H,8-11,13-14H2,1H3,(H,25,27)(H,26,28)/t15-,16+,17-,20+,24+/m1/s1. The number of rotatable bonds is 5. The Morgan fingerprint density at radius 3 is 2.90 bits per heavy atom. The summed E-state index contributed by atoms with van der Waals surface area (Å²) in [5.74, 6) is 2.01. The van der Waals surface area contributed by atoms with Gasteiger partial charge < -0.3 is 19.8 Å². The van der Waals surface area contributed by atoms with Crippen molar-refractivity contribution in [1.82, 2.24) is 10.6 Å². The van der Waals surface area contributed by atoms with Gasteiger partial charge in [-0.1, -0.05) is 12.1 Å². The summed E-state index contributed by atoms with van der Waals surface area (Å²) in [5, 5.41) is 6.36. The second kappa shape index (κ2) is 7.49. The van der Waals surface area contributed by atoms with Crippen molar-refractivity contribution in [2.45, 2.75) is 57.2 Å². The van der Waals surface area contributed by atoms with E-state index < -0.39 is 5.72 Å². The lowest BCUT2D eigenvalue weighted by molar-refractivity contribution is -0.147. The van der Waals surface area contributed by atoms with Gasteiger partial charge in [-0.05, 0) is 62.8 Å². The Kier molecular flexibility index (Phi) is 4.80. The first kappa shape index (κ1) is 19.2. The van der Waals surface area contributed by atoms with Gasteiger partial charge in [0.2, 0.25) is 5.91 Å². The topological polar surface area (TPSA) is 80.6 Å². The molecule has 3 saturated carbocycles. The third kappa shape index (κ3) is 3.38. The van der Waals surface area contributed by atoms with Crippen molar-refractivity contribution in [3.8, 4) is 5.75 Å². The average molecular weight is 408 g/mol. The van der Waals surface area contributed by atoms with Crippen molar-refractivity contribution in [2.75, 3.05) is 0 Å². The van der Waals surface area contributed by atoms with Gasteiger partial charge in [-0.25, -0.2) is 0 Å². The molecule has 2 heterocycles. The highest BCUT2D eigenvalue weighted by Gasteiger charge is 2.57. The van der Waals surface area contributed by atoms with E-state index in [0.717, 1.165) is 37.9 Å². The average Bonchev–Trinajstić information content (AvgIpc) is 3.26. The van der Waals surface area contributed by atoms with E-state index in [9.17, 15) is 9.59 Å². The van der Waals surface area contributed by atoms with Crippen molar-refractivity contribution in [3.63, 3.8) is 0 Å². The number of fused-ring (bicyclic) bond motifs is 3. The molecule has 1 spiro atoms. The molecule has 1 aromatic heterocycles. The molecule has 5 atom stereocenters. The van der Waals surface area contributed by atoms with E-state index in [4.69, 9.17) is 9.15 Å². The molecule has 0 radical (unpaired) electrons. The fourth-order valence-electron chi connectivity index (χ4n) is 5.52. The summed E-state index contributed by atoms with van der Waals surface area (Å²) in [4.78, 5) is 25.7. The molecular formula is C24H28N2O4. The Bertz CT molecular complexity index is 940. The van der Waals surface area contributed by atoms with E-state index >= 15 is 0 Å². The number of amides is 2. The highest BCUT2D eigenvalue weighted by Crippen LogP contribution is 2.52. The van der Waals surface area contributed by atoms with Crippen molar-refractivity contribution >= 4 is 11.8 Å². The summed E-state index contributed by atoms with van der Waals surface area (Å²) in [6.45, 7) is 2.05. The van der Waals surface area contributed by atoms with Gasteiger partial charge in [-0.15, -0.1) is 0 Å². The predicted octanol–water partition coefficient (Wildman–Crippen LogP) is 3.67. The molecule has 1 aromatic carbocycles. The maximum absolute atomic E-state index is 13.0. The monoisotopic (exact) mass is 408 g/mol. The molecule has 158 valence electrons. The number of hydrogen-bond acceptors (Lipinski definition) is 4. The lowest BCUT2D eigenvalue weighted by Gasteiger charge is -2.55. The van der Waals surface area contributed by atoms with Gasteiger partial charge in [0, 0.05) is 30.7 Å². The summed E-state index contributed by atoms with van der Waals surface area (Å²) < 4.78 is 11.8. The number of nitrogens with one attached hydrogen (secondary N) is 2. The predicted molar refractivity (Wildman–Crippen MR) is 111 cm³/mol. The minimum atomic E-state index is -0.671. The van der Waals surface area contributed by atoms with Gasteiger partial charge in [0.25, 0.3) is 5.91 Å². The summed E-state index contributed by atoms with van der Waals surface area (Å²) in [7, 11) is 0. The molecule has 0 unspecified atom stereocenters. The number of hydrogen-bond donors (Lipinski definition) is 2. The third-order valence-corrected chi connectivity index (χ3v) is 7.10. The molecule has 3 aliphatic carbocycles. The number of carbonyl (C=O) groups is 2. The maximum atomic E-state index is 13.0. The van der Waals surface area contributed by atoms with E-state index in [1.54, 1.807) is 12.3 Å². The number of carbonyl (C=O) groups excluding carboxylic acids is 2. The van der Waals surface area contributed by atoms with Crippen LogP contribution in [0.2, 0.25) is 0 Å². The van der Waals surface area contributed by atoms with E-state index in [2.05, 4.69) is 10.6 Å². The van der Waals surface area contributed by atoms with Crippen LogP contribution in [0.5, 0.6) is 5.75 Å². The zero-order valence-corrected chi connectivity index (χ0v) is 17.2. The zero-order chi connectivity index (χ0) is 20.7. The molecule has 30 heavy (non-hydrogen) atoms. The van der Waals surface area contributed by atoms with Gasteiger partial charge in [0.05, 0.1) is 11.8 Å². The summed E-state index contributed by atoms with van der Waals surface area (Å²) in [5.41, 5.74) is -0.0833. The Hall–Kier alpha value is -2.76. The largest absolute Gasteiger partial charge is 0.469 e. The molecule has 6 rings (SSSR count). The van der Waals surface area contributed by atoms with Gasteiger partial charge in [0.15, 0.2) is 5.72 Å². The second-order valence-electron chi connectivity index (χ2n) is 9.05. The molecule has 6 heteroatoms. The van der Waals surface area contributed by atoms with Crippen molar-refractivity contribution < 1.29 is 18.7 Å². The second-order valence-corrected chi connectivity index (χ2v) is 9.05. The van der Waals surface area contributed by atoms with E-state index in [1.807, 2.05) is 37.3 Å². The number of benzene rings is 1. The van der Waals surface area contributed by atoms with Gasteiger partial charge >= 0.3 is 0 Å². The quantitative estimate of drug-likeness (QED) is 0.791. The first-order valence-corrected chi connectivity index (χ1v) is 11.0. The van der Waals surface area contributed by atoms with Crippen LogP contribution in [0.4, 0.5) is 0 Å². The van der Waals surface area contributed by atoms with E-state index in [1.165, 1.54) is 0 Å². The van der Waals surface area contributed by atoms with Crippen LogP contribution < -0.4 is 15.4 Å². The Balaban J connectivity index is 1.23. The van der Waals surface area contributed by atoms with Crippen LogP contribution >= 0.6 is 0 Å². The third-order valence-electron chi connectivity index (χ3n) is 7.10. The normalized spacial score (nSPS) is 30.3. The van der Waals surface area contributed by atoms with Gasteiger partial charge in [-0.3, -0.25) is 9.59 Å². The fraction of sp³-hybridized carbons (Fsp3) is 0.500. The van der Waals surface area contributed by atoms with Crippen molar-refractivity contribution in [2.24, 2.45) is 17.8 Å². The Morgan fingerprint density at radius 2 is 2.13 bits per heavy atom. The first-order chi connectivity index (χ1) is 14.5. The lowest BCUT2D eigenvalue weighted by Crippen LogP contribution is -2.67. The van der Waals surface area contributed by atoms with Crippen LogP contribution in [0.1, 0.15) is 55.1 Å². The highest BCUT2D eigenvalue weighted by molar-refractivity contribution is 5.98. The summed E-state index contributed by atoms with van der Waals surface area (Å²) >= 11 is 0. The van der Waals surface area contributed by atoms with Crippen LogP contribution in [-0.4, -0.2) is 23.6 Å². The van der Waals surface area contributed by atoms with Crippen molar-refractivity contribution in [1.29, 1.82) is 0 Å². The molecule has 2 N–H and O–H groups in total. The molecule has 3 fully saturated rings. The molecule has 1 aliphatic heterocycles. The van der Waals surface area contributed by atoms with Gasteiger partial charge in [-0.2, -0.15) is 0 Å². The molecule has 4 aliphatic rings. The molecule has 6 nitrogen and oxygen atoms in total. The maximum Gasteiger partial charge on any atom is 0.258 e.